The minimum atomic E-state index is 0.796. The Balaban J connectivity index is 1.87. The molecule has 2 rings (SSSR count). The van der Waals surface area contributed by atoms with Crippen LogP contribution < -0.4 is 5.32 Å². The molecule has 2 aromatic heterocycles. The molecule has 1 N–H and O–H groups in total. The molecule has 2 heterocycles. The normalized spacial score (nSPS) is 10.4. The Morgan fingerprint density at radius 2 is 2.19 bits per heavy atom. The summed E-state index contributed by atoms with van der Waals surface area (Å²) in [6.07, 6.45) is 4.29. The van der Waals surface area contributed by atoms with E-state index in [2.05, 4.69) is 15.3 Å². The van der Waals surface area contributed by atoms with Crippen LogP contribution in [0.4, 0.5) is 5.82 Å². The fourth-order valence-electron chi connectivity index (χ4n) is 1.40. The van der Waals surface area contributed by atoms with Gasteiger partial charge in [0.05, 0.1) is 23.8 Å². The Hall–Kier alpha value is -1.84. The van der Waals surface area contributed by atoms with Crippen molar-refractivity contribution in [1.82, 2.24) is 9.97 Å². The highest BCUT2D eigenvalue weighted by Gasteiger charge is 1.99. The number of hydrogen-bond acceptors (Lipinski definition) is 4. The molecule has 84 valence electrons. The average molecular weight is 217 g/mol. The van der Waals surface area contributed by atoms with E-state index in [-0.39, 0.29) is 0 Å². The predicted octanol–water partition coefficient (Wildman–Crippen LogP) is 2.34. The van der Waals surface area contributed by atoms with Crippen LogP contribution in [-0.2, 0) is 6.42 Å². The van der Waals surface area contributed by atoms with Crippen molar-refractivity contribution in [2.45, 2.75) is 20.3 Å². The third-order valence-electron chi connectivity index (χ3n) is 2.45. The maximum Gasteiger partial charge on any atom is 0.144 e. The summed E-state index contributed by atoms with van der Waals surface area (Å²) in [6, 6.07) is 3.86. The number of aromatic nitrogens is 2. The van der Waals surface area contributed by atoms with Crippen molar-refractivity contribution in [3.05, 3.63) is 41.7 Å². The molecule has 0 unspecified atom stereocenters. The molecular weight excluding hydrogens is 202 g/mol. The van der Waals surface area contributed by atoms with Gasteiger partial charge in [0.2, 0.25) is 0 Å². The summed E-state index contributed by atoms with van der Waals surface area (Å²) in [6.45, 7) is 4.71. The lowest BCUT2D eigenvalue weighted by Crippen LogP contribution is -2.07. The molecule has 2 aromatic rings. The van der Waals surface area contributed by atoms with Gasteiger partial charge in [-0.2, -0.15) is 0 Å². The van der Waals surface area contributed by atoms with Crippen LogP contribution in [0.15, 0.2) is 29.0 Å². The molecule has 0 amide bonds. The van der Waals surface area contributed by atoms with Gasteiger partial charge in [0.25, 0.3) is 0 Å². The number of rotatable bonds is 4. The number of aryl methyl sites for hydroxylation is 2. The molecule has 0 atom stereocenters. The molecule has 0 spiro atoms. The van der Waals surface area contributed by atoms with E-state index in [1.807, 2.05) is 26.0 Å². The van der Waals surface area contributed by atoms with Crippen LogP contribution in [0.25, 0.3) is 0 Å². The van der Waals surface area contributed by atoms with Crippen LogP contribution in [0.3, 0.4) is 0 Å². The van der Waals surface area contributed by atoms with Gasteiger partial charge in [0.1, 0.15) is 11.6 Å². The third kappa shape index (κ3) is 2.59. The number of hydrogen-bond donors (Lipinski definition) is 1. The quantitative estimate of drug-likeness (QED) is 0.854. The SMILES string of the molecule is Cc1ncc(NCCc2ccco2)nc1C. The molecule has 0 saturated heterocycles. The van der Waals surface area contributed by atoms with Gasteiger partial charge < -0.3 is 9.73 Å². The van der Waals surface area contributed by atoms with Gasteiger partial charge in [0.15, 0.2) is 0 Å². The maximum atomic E-state index is 5.24. The number of anilines is 1. The first kappa shape index (κ1) is 10.7. The molecular formula is C12H15N3O. The monoisotopic (exact) mass is 217 g/mol. The van der Waals surface area contributed by atoms with E-state index in [0.717, 1.165) is 35.9 Å². The highest BCUT2D eigenvalue weighted by atomic mass is 16.3. The van der Waals surface area contributed by atoms with Gasteiger partial charge in [-0.1, -0.05) is 0 Å². The lowest BCUT2D eigenvalue weighted by Gasteiger charge is -2.05. The van der Waals surface area contributed by atoms with Gasteiger partial charge in [-0.15, -0.1) is 0 Å². The first-order valence-electron chi connectivity index (χ1n) is 5.32. The molecule has 0 radical (unpaired) electrons. The molecule has 0 aliphatic rings. The summed E-state index contributed by atoms with van der Waals surface area (Å²) >= 11 is 0. The standard InChI is InChI=1S/C12H15N3O/c1-9-10(2)15-12(8-14-9)13-6-5-11-4-3-7-16-11/h3-4,7-8H,5-6H2,1-2H3,(H,13,15). The average Bonchev–Trinajstić information content (AvgIpc) is 2.76. The van der Waals surface area contributed by atoms with Crippen LogP contribution in [0.5, 0.6) is 0 Å². The number of nitrogens with zero attached hydrogens (tertiary/aromatic N) is 2. The number of furan rings is 1. The molecule has 0 aliphatic heterocycles. The van der Waals surface area contributed by atoms with Crippen LogP contribution in [0, 0.1) is 13.8 Å². The Bertz CT molecular complexity index is 451. The largest absolute Gasteiger partial charge is 0.469 e. The second kappa shape index (κ2) is 4.79. The van der Waals surface area contributed by atoms with E-state index in [4.69, 9.17) is 4.42 Å². The van der Waals surface area contributed by atoms with E-state index >= 15 is 0 Å². The van der Waals surface area contributed by atoms with Crippen LogP contribution in [0.2, 0.25) is 0 Å². The first-order chi connectivity index (χ1) is 7.75. The van der Waals surface area contributed by atoms with E-state index in [9.17, 15) is 0 Å². The molecule has 0 aromatic carbocycles. The summed E-state index contributed by atoms with van der Waals surface area (Å²) < 4.78 is 5.24. The van der Waals surface area contributed by atoms with Crippen molar-refractivity contribution in [1.29, 1.82) is 0 Å². The fraction of sp³-hybridized carbons (Fsp3) is 0.333. The second-order valence-corrected chi connectivity index (χ2v) is 3.68. The lowest BCUT2D eigenvalue weighted by atomic mass is 10.3. The summed E-state index contributed by atoms with van der Waals surface area (Å²) in [5, 5.41) is 3.22. The summed E-state index contributed by atoms with van der Waals surface area (Å²) in [4.78, 5) is 8.63. The van der Waals surface area contributed by atoms with Gasteiger partial charge in [-0.25, -0.2) is 4.98 Å². The van der Waals surface area contributed by atoms with Gasteiger partial charge in [-0.05, 0) is 26.0 Å². The molecule has 0 bridgehead atoms. The van der Waals surface area contributed by atoms with Crippen molar-refractivity contribution in [2.24, 2.45) is 0 Å². The first-order valence-corrected chi connectivity index (χ1v) is 5.32. The molecule has 16 heavy (non-hydrogen) atoms. The zero-order chi connectivity index (χ0) is 11.4. The van der Waals surface area contributed by atoms with Crippen molar-refractivity contribution in [3.63, 3.8) is 0 Å². The highest BCUT2D eigenvalue weighted by Crippen LogP contribution is 2.06. The third-order valence-corrected chi connectivity index (χ3v) is 2.45. The highest BCUT2D eigenvalue weighted by molar-refractivity contribution is 5.33. The van der Waals surface area contributed by atoms with E-state index < -0.39 is 0 Å². The minimum Gasteiger partial charge on any atom is -0.469 e. The molecule has 0 aliphatic carbocycles. The van der Waals surface area contributed by atoms with Crippen LogP contribution in [0.1, 0.15) is 17.1 Å². The minimum absolute atomic E-state index is 0.796. The predicted molar refractivity (Wildman–Crippen MR) is 62.4 cm³/mol. The Morgan fingerprint density at radius 3 is 2.88 bits per heavy atom. The van der Waals surface area contributed by atoms with Crippen molar-refractivity contribution >= 4 is 5.82 Å². The lowest BCUT2D eigenvalue weighted by molar-refractivity contribution is 0.513. The molecule has 0 fully saturated rings. The molecule has 4 nitrogen and oxygen atoms in total. The van der Waals surface area contributed by atoms with Crippen LogP contribution >= 0.6 is 0 Å². The van der Waals surface area contributed by atoms with Gasteiger partial charge in [-0.3, -0.25) is 4.98 Å². The molecule has 0 saturated carbocycles. The van der Waals surface area contributed by atoms with E-state index in [1.54, 1.807) is 12.5 Å². The summed E-state index contributed by atoms with van der Waals surface area (Å²) in [5.41, 5.74) is 1.93. The van der Waals surface area contributed by atoms with Gasteiger partial charge >= 0.3 is 0 Å². The van der Waals surface area contributed by atoms with E-state index in [1.165, 1.54) is 0 Å². The Morgan fingerprint density at radius 1 is 1.31 bits per heavy atom. The zero-order valence-electron chi connectivity index (χ0n) is 9.53. The smallest absolute Gasteiger partial charge is 0.144 e. The topological polar surface area (TPSA) is 51.0 Å². The van der Waals surface area contributed by atoms with Gasteiger partial charge in [0, 0.05) is 13.0 Å². The van der Waals surface area contributed by atoms with E-state index in [0.29, 0.717) is 0 Å². The van der Waals surface area contributed by atoms with Crippen molar-refractivity contribution in [3.8, 4) is 0 Å². The molecule has 4 heteroatoms. The summed E-state index contributed by atoms with van der Waals surface area (Å²) in [7, 11) is 0. The van der Waals surface area contributed by atoms with Crippen LogP contribution in [-0.4, -0.2) is 16.5 Å². The summed E-state index contributed by atoms with van der Waals surface area (Å²) in [5.74, 6) is 1.79. The Kier molecular flexibility index (Phi) is 3.19. The van der Waals surface area contributed by atoms with Crippen molar-refractivity contribution < 1.29 is 4.42 Å². The zero-order valence-corrected chi connectivity index (χ0v) is 9.53. The number of nitrogens with one attached hydrogen (secondary N) is 1. The van der Waals surface area contributed by atoms with Crippen molar-refractivity contribution in [2.75, 3.05) is 11.9 Å². The Labute approximate surface area is 94.7 Å². The maximum absolute atomic E-state index is 5.24. The fourth-order valence-corrected chi connectivity index (χ4v) is 1.40. The second-order valence-electron chi connectivity index (χ2n) is 3.68.